The molecule has 0 saturated heterocycles. The van der Waals surface area contributed by atoms with Gasteiger partial charge in [0.25, 0.3) is 5.91 Å². The minimum Gasteiger partial charge on any atom is -0.465 e. The van der Waals surface area contributed by atoms with Gasteiger partial charge in [-0.2, -0.15) is 0 Å². The second kappa shape index (κ2) is 9.05. The number of hydrogen-bond acceptors (Lipinski definition) is 4. The summed E-state index contributed by atoms with van der Waals surface area (Å²) in [5.74, 6) is -0.708. The number of amides is 3. The van der Waals surface area contributed by atoms with Gasteiger partial charge in [0.15, 0.2) is 6.10 Å². The van der Waals surface area contributed by atoms with E-state index in [1.165, 1.54) is 0 Å². The van der Waals surface area contributed by atoms with Crippen molar-refractivity contribution in [2.24, 2.45) is 5.92 Å². The smallest absolute Gasteiger partial charge is 0.405 e. The number of carbonyl (C=O) groups excluding carboxylic acids is 2. The van der Waals surface area contributed by atoms with Gasteiger partial charge in [-0.25, -0.2) is 4.79 Å². The number of benzene rings is 1. The lowest BCUT2D eigenvalue weighted by molar-refractivity contribution is -0.132. The molecule has 0 aromatic heterocycles. The zero-order valence-electron chi connectivity index (χ0n) is 15.6. The van der Waals surface area contributed by atoms with Gasteiger partial charge >= 0.3 is 6.09 Å². The minimum atomic E-state index is -1.42. The zero-order chi connectivity index (χ0) is 20.1. The third-order valence-corrected chi connectivity index (χ3v) is 5.08. The molecule has 2 fully saturated rings. The molecule has 8 heteroatoms. The van der Waals surface area contributed by atoms with E-state index in [9.17, 15) is 19.5 Å². The van der Waals surface area contributed by atoms with Gasteiger partial charge in [-0.1, -0.05) is 43.2 Å². The fraction of sp³-hybridized carbons (Fsp3) is 0.550. The minimum absolute atomic E-state index is 0.0894. The van der Waals surface area contributed by atoms with Crippen molar-refractivity contribution in [1.82, 2.24) is 16.0 Å². The van der Waals surface area contributed by atoms with Gasteiger partial charge in [-0.15, -0.1) is 0 Å². The molecule has 3 amide bonds. The maximum atomic E-state index is 12.7. The zero-order valence-corrected chi connectivity index (χ0v) is 15.6. The molecular formula is C20H27N3O5. The van der Waals surface area contributed by atoms with Crippen LogP contribution >= 0.6 is 0 Å². The highest BCUT2D eigenvalue weighted by Crippen LogP contribution is 2.33. The first kappa shape index (κ1) is 20.1. The van der Waals surface area contributed by atoms with Crippen molar-refractivity contribution in [2.45, 2.75) is 62.8 Å². The van der Waals surface area contributed by atoms with E-state index in [0.29, 0.717) is 12.3 Å². The molecule has 3 unspecified atom stereocenters. The normalized spacial score (nSPS) is 19.2. The van der Waals surface area contributed by atoms with Crippen LogP contribution in [-0.4, -0.2) is 52.4 Å². The molecule has 5 N–H and O–H groups in total. The van der Waals surface area contributed by atoms with E-state index < -0.39 is 36.1 Å². The number of carboxylic acid groups (broad SMARTS) is 1. The van der Waals surface area contributed by atoms with Crippen LogP contribution in [0.1, 0.15) is 37.7 Å². The van der Waals surface area contributed by atoms with Crippen LogP contribution in [0.2, 0.25) is 0 Å². The highest BCUT2D eigenvalue weighted by atomic mass is 16.4. The van der Waals surface area contributed by atoms with Crippen LogP contribution in [0.3, 0.4) is 0 Å². The monoisotopic (exact) mass is 389 g/mol. The van der Waals surface area contributed by atoms with Gasteiger partial charge in [0, 0.05) is 6.04 Å². The Balaban J connectivity index is 1.69. The Morgan fingerprint density at radius 1 is 1.00 bits per heavy atom. The van der Waals surface area contributed by atoms with Crippen molar-refractivity contribution in [3.05, 3.63) is 35.9 Å². The van der Waals surface area contributed by atoms with Crippen LogP contribution in [0.25, 0.3) is 0 Å². The van der Waals surface area contributed by atoms with E-state index in [0.717, 1.165) is 31.2 Å². The number of hydrogen-bond donors (Lipinski definition) is 5. The fourth-order valence-electron chi connectivity index (χ4n) is 3.16. The standard InChI is InChI=1S/C20H27N3O5/c24-17(19(26)21-14-8-9-14)15(10-12-4-2-1-3-5-12)22-18(25)16(23-20(27)28)11-13-6-7-13/h1-5,13-17,23-24H,6-11H2,(H,21,26)(H,22,25)(H,27,28). The highest BCUT2D eigenvalue weighted by molar-refractivity contribution is 5.87. The van der Waals surface area contributed by atoms with Gasteiger partial charge in [-0.05, 0) is 37.2 Å². The molecule has 1 aromatic carbocycles. The summed E-state index contributed by atoms with van der Waals surface area (Å²) in [4.78, 5) is 36.1. The molecule has 152 valence electrons. The topological polar surface area (TPSA) is 128 Å². The SMILES string of the molecule is O=C(O)NC(CC1CC1)C(=O)NC(Cc1ccccc1)C(O)C(=O)NC1CC1. The van der Waals surface area contributed by atoms with E-state index >= 15 is 0 Å². The second-order valence-electron chi connectivity index (χ2n) is 7.71. The Morgan fingerprint density at radius 2 is 1.68 bits per heavy atom. The molecule has 0 radical (unpaired) electrons. The molecule has 0 spiro atoms. The lowest BCUT2D eigenvalue weighted by Gasteiger charge is -2.26. The predicted molar refractivity (Wildman–Crippen MR) is 102 cm³/mol. The molecule has 2 aliphatic rings. The summed E-state index contributed by atoms with van der Waals surface area (Å²) in [6.45, 7) is 0. The average Bonchev–Trinajstić information content (AvgIpc) is 3.57. The van der Waals surface area contributed by atoms with E-state index in [1.54, 1.807) is 0 Å². The van der Waals surface area contributed by atoms with Gasteiger partial charge in [0.2, 0.25) is 5.91 Å². The van der Waals surface area contributed by atoms with E-state index in [4.69, 9.17) is 5.11 Å². The number of aliphatic hydroxyl groups is 1. The number of carbonyl (C=O) groups is 3. The highest BCUT2D eigenvalue weighted by Gasteiger charge is 2.35. The first-order valence-electron chi connectivity index (χ1n) is 9.74. The van der Waals surface area contributed by atoms with Crippen LogP contribution in [0.5, 0.6) is 0 Å². The van der Waals surface area contributed by atoms with Crippen molar-refractivity contribution in [3.63, 3.8) is 0 Å². The summed E-state index contributed by atoms with van der Waals surface area (Å²) in [5.41, 5.74) is 0.857. The Morgan fingerprint density at radius 3 is 2.25 bits per heavy atom. The predicted octanol–water partition coefficient (Wildman–Crippen LogP) is 0.790. The van der Waals surface area contributed by atoms with Crippen LogP contribution < -0.4 is 16.0 Å². The fourth-order valence-corrected chi connectivity index (χ4v) is 3.16. The maximum Gasteiger partial charge on any atom is 0.405 e. The molecule has 1 aromatic rings. The van der Waals surface area contributed by atoms with Gasteiger partial charge in [0.05, 0.1) is 6.04 Å². The molecule has 8 nitrogen and oxygen atoms in total. The number of rotatable bonds is 10. The Kier molecular flexibility index (Phi) is 6.51. The Hall–Kier alpha value is -2.61. The summed E-state index contributed by atoms with van der Waals surface area (Å²) in [5, 5.41) is 27.3. The molecule has 3 atom stereocenters. The number of aliphatic hydroxyl groups excluding tert-OH is 1. The van der Waals surface area contributed by atoms with Gasteiger partial charge < -0.3 is 26.2 Å². The van der Waals surface area contributed by atoms with Crippen molar-refractivity contribution in [1.29, 1.82) is 0 Å². The summed E-state index contributed by atoms with van der Waals surface area (Å²) in [6, 6.07) is 7.57. The summed E-state index contributed by atoms with van der Waals surface area (Å²) >= 11 is 0. The molecular weight excluding hydrogens is 362 g/mol. The molecule has 2 saturated carbocycles. The Bertz CT molecular complexity index is 703. The van der Waals surface area contributed by atoms with E-state index in [-0.39, 0.29) is 12.5 Å². The molecule has 3 rings (SSSR count). The molecule has 0 bridgehead atoms. The maximum absolute atomic E-state index is 12.7. The molecule has 2 aliphatic carbocycles. The summed E-state index contributed by atoms with van der Waals surface area (Å²) < 4.78 is 0. The van der Waals surface area contributed by atoms with Crippen LogP contribution in [-0.2, 0) is 16.0 Å². The third kappa shape index (κ3) is 6.23. The first-order valence-corrected chi connectivity index (χ1v) is 9.74. The molecule has 28 heavy (non-hydrogen) atoms. The van der Waals surface area contributed by atoms with Crippen LogP contribution in [0, 0.1) is 5.92 Å². The van der Waals surface area contributed by atoms with E-state index in [2.05, 4.69) is 16.0 Å². The van der Waals surface area contributed by atoms with Crippen molar-refractivity contribution in [3.8, 4) is 0 Å². The summed E-state index contributed by atoms with van der Waals surface area (Å²) in [7, 11) is 0. The quantitative estimate of drug-likeness (QED) is 0.404. The van der Waals surface area contributed by atoms with Gasteiger partial charge in [0.1, 0.15) is 6.04 Å². The average molecular weight is 389 g/mol. The van der Waals surface area contributed by atoms with Crippen molar-refractivity contribution >= 4 is 17.9 Å². The number of nitrogens with one attached hydrogen (secondary N) is 3. The largest absolute Gasteiger partial charge is 0.465 e. The summed E-state index contributed by atoms with van der Waals surface area (Å²) in [6.07, 6.45) is 1.72. The van der Waals surface area contributed by atoms with Crippen molar-refractivity contribution < 1.29 is 24.6 Å². The first-order chi connectivity index (χ1) is 13.4. The molecule has 0 heterocycles. The Labute approximate surface area is 163 Å². The lowest BCUT2D eigenvalue weighted by atomic mass is 9.99. The van der Waals surface area contributed by atoms with Crippen LogP contribution in [0.15, 0.2) is 30.3 Å². The van der Waals surface area contributed by atoms with Gasteiger partial charge in [-0.3, -0.25) is 9.59 Å². The van der Waals surface area contributed by atoms with Crippen molar-refractivity contribution in [2.75, 3.05) is 0 Å². The van der Waals surface area contributed by atoms with Crippen LogP contribution in [0.4, 0.5) is 4.79 Å². The second-order valence-corrected chi connectivity index (χ2v) is 7.71. The lowest BCUT2D eigenvalue weighted by Crippen LogP contribution is -2.56. The van der Waals surface area contributed by atoms with E-state index in [1.807, 2.05) is 30.3 Å². The molecule has 0 aliphatic heterocycles. The third-order valence-electron chi connectivity index (χ3n) is 5.08.